The first kappa shape index (κ1) is 24.9. The van der Waals surface area contributed by atoms with Gasteiger partial charge in [-0.1, -0.05) is 18.2 Å². The third kappa shape index (κ3) is 4.52. The molecule has 0 aliphatic heterocycles. The van der Waals surface area contributed by atoms with Crippen LogP contribution in [0, 0.1) is 0 Å². The number of fused-ring (bicyclic) bond motifs is 1. The highest BCUT2D eigenvalue weighted by Crippen LogP contribution is 2.33. The Bertz CT molecular complexity index is 1590. The molecule has 1 aromatic heterocycles. The van der Waals surface area contributed by atoms with Gasteiger partial charge in [0.2, 0.25) is 5.91 Å². The number of imidazole rings is 1. The second-order valence-corrected chi connectivity index (χ2v) is 9.88. The minimum Gasteiger partial charge on any atom is -0.493 e. The van der Waals surface area contributed by atoms with Gasteiger partial charge < -0.3 is 14.8 Å². The second-order valence-electron chi connectivity index (χ2n) is 8.02. The molecule has 188 valence electrons. The highest BCUT2D eigenvalue weighted by molar-refractivity contribution is 7.92. The van der Waals surface area contributed by atoms with Gasteiger partial charge in [0.15, 0.2) is 11.5 Å². The highest BCUT2D eigenvalue weighted by Gasteiger charge is 2.28. The largest absolute Gasteiger partial charge is 0.493 e. The molecule has 1 amide bonds. The minimum atomic E-state index is -4.10. The number of sulfonamides is 1. The summed E-state index contributed by atoms with van der Waals surface area (Å²) >= 11 is 0. The summed E-state index contributed by atoms with van der Waals surface area (Å²) in [4.78, 5) is 25.3. The second kappa shape index (κ2) is 9.78. The van der Waals surface area contributed by atoms with Gasteiger partial charge in [-0.3, -0.25) is 18.2 Å². The van der Waals surface area contributed by atoms with Crippen molar-refractivity contribution in [3.05, 3.63) is 77.2 Å². The highest BCUT2D eigenvalue weighted by atomic mass is 32.2. The van der Waals surface area contributed by atoms with Crippen molar-refractivity contribution in [2.45, 2.75) is 4.90 Å². The smallest absolute Gasteiger partial charge is 0.328 e. The lowest BCUT2D eigenvalue weighted by Crippen LogP contribution is -2.38. The van der Waals surface area contributed by atoms with Gasteiger partial charge in [0, 0.05) is 25.8 Å². The maximum Gasteiger partial charge on any atom is 0.328 e. The van der Waals surface area contributed by atoms with Crippen molar-refractivity contribution < 1.29 is 22.7 Å². The van der Waals surface area contributed by atoms with Crippen molar-refractivity contribution in [1.82, 2.24) is 9.13 Å². The molecule has 0 fully saturated rings. The first-order valence-corrected chi connectivity index (χ1v) is 12.4. The number of rotatable bonds is 8. The SMILES string of the molecule is COc1ccc(N(CC(=O)Nc2ccc3c(c2)n(C)c(=O)n3C)S(=O)(=O)c2ccccc2)cc1OC. The summed E-state index contributed by atoms with van der Waals surface area (Å²) in [5.74, 6) is 0.174. The number of anilines is 2. The molecule has 0 spiro atoms. The third-order valence-corrected chi connectivity index (χ3v) is 7.62. The van der Waals surface area contributed by atoms with Crippen molar-refractivity contribution in [2.75, 3.05) is 30.4 Å². The Balaban J connectivity index is 1.70. The number of ether oxygens (including phenoxy) is 2. The number of methoxy groups -OCH3 is 2. The lowest BCUT2D eigenvalue weighted by Gasteiger charge is -2.25. The van der Waals surface area contributed by atoms with Crippen molar-refractivity contribution in [3.8, 4) is 11.5 Å². The van der Waals surface area contributed by atoms with E-state index >= 15 is 0 Å². The van der Waals surface area contributed by atoms with E-state index in [9.17, 15) is 18.0 Å². The van der Waals surface area contributed by atoms with Crippen LogP contribution in [0.15, 0.2) is 76.4 Å². The number of hydrogen-bond acceptors (Lipinski definition) is 6. The maximum atomic E-state index is 13.6. The van der Waals surface area contributed by atoms with Crippen LogP contribution in [0.3, 0.4) is 0 Å². The van der Waals surface area contributed by atoms with Gasteiger partial charge in [-0.15, -0.1) is 0 Å². The molecule has 10 nitrogen and oxygen atoms in total. The fourth-order valence-electron chi connectivity index (χ4n) is 3.93. The van der Waals surface area contributed by atoms with Gasteiger partial charge in [-0.25, -0.2) is 13.2 Å². The van der Waals surface area contributed by atoms with Gasteiger partial charge in [0.25, 0.3) is 10.0 Å². The predicted octanol–water partition coefficient (Wildman–Crippen LogP) is 2.73. The van der Waals surface area contributed by atoms with E-state index in [0.717, 1.165) is 4.31 Å². The molecule has 0 radical (unpaired) electrons. The molecule has 0 unspecified atom stereocenters. The Morgan fingerprint density at radius 2 is 1.56 bits per heavy atom. The number of benzene rings is 3. The molecule has 3 aromatic carbocycles. The van der Waals surface area contributed by atoms with Gasteiger partial charge in [-0.05, 0) is 42.5 Å². The molecule has 4 aromatic rings. The van der Waals surface area contributed by atoms with Crippen molar-refractivity contribution in [2.24, 2.45) is 14.1 Å². The van der Waals surface area contributed by atoms with Crippen LogP contribution in [0.1, 0.15) is 0 Å². The summed E-state index contributed by atoms with van der Waals surface area (Å²) < 4.78 is 41.7. The number of amides is 1. The standard InChI is InChI=1S/C25H26N4O6S/c1-27-20-12-10-17(14-21(20)28(2)25(27)31)26-24(30)16-29(36(32,33)19-8-6-5-7-9-19)18-11-13-22(34-3)23(15-18)35-4/h5-15H,16H2,1-4H3,(H,26,30). The number of nitrogens with zero attached hydrogens (tertiary/aromatic N) is 3. The molecule has 11 heteroatoms. The average molecular weight is 511 g/mol. The van der Waals surface area contributed by atoms with E-state index in [2.05, 4.69) is 5.32 Å². The molecule has 1 heterocycles. The first-order valence-electron chi connectivity index (χ1n) is 10.9. The Kier molecular flexibility index (Phi) is 6.75. The molecule has 4 rings (SSSR count). The fourth-order valence-corrected chi connectivity index (χ4v) is 5.36. The van der Waals surface area contributed by atoms with Crippen LogP contribution >= 0.6 is 0 Å². The average Bonchev–Trinajstić information content (AvgIpc) is 3.10. The van der Waals surface area contributed by atoms with Crippen LogP contribution in [0.25, 0.3) is 11.0 Å². The van der Waals surface area contributed by atoms with E-state index in [0.29, 0.717) is 28.2 Å². The molecule has 0 bridgehead atoms. The van der Waals surface area contributed by atoms with E-state index in [4.69, 9.17) is 9.47 Å². The first-order chi connectivity index (χ1) is 17.2. The summed E-state index contributed by atoms with van der Waals surface area (Å²) in [5, 5.41) is 2.74. The van der Waals surface area contributed by atoms with Crippen molar-refractivity contribution >= 4 is 38.3 Å². The normalized spacial score (nSPS) is 11.3. The van der Waals surface area contributed by atoms with Gasteiger partial charge in [0.05, 0.1) is 35.8 Å². The Hall–Kier alpha value is -4.25. The van der Waals surface area contributed by atoms with Crippen LogP contribution in [0.2, 0.25) is 0 Å². The monoisotopic (exact) mass is 510 g/mol. The molecular weight excluding hydrogens is 484 g/mol. The molecule has 0 aliphatic rings. The zero-order valence-corrected chi connectivity index (χ0v) is 21.1. The van der Waals surface area contributed by atoms with E-state index in [1.165, 1.54) is 41.6 Å². The summed E-state index contributed by atoms with van der Waals surface area (Å²) in [6, 6.07) is 17.5. The van der Waals surface area contributed by atoms with Crippen molar-refractivity contribution in [1.29, 1.82) is 0 Å². The summed E-state index contributed by atoms with van der Waals surface area (Å²) in [6.07, 6.45) is 0. The molecule has 1 N–H and O–H groups in total. The van der Waals surface area contributed by atoms with E-state index in [1.807, 2.05) is 0 Å². The Labute approximate surface area is 208 Å². The maximum absolute atomic E-state index is 13.6. The molecule has 0 saturated carbocycles. The van der Waals surface area contributed by atoms with Crippen LogP contribution in [0.5, 0.6) is 11.5 Å². The molecule has 0 atom stereocenters. The fraction of sp³-hybridized carbons (Fsp3) is 0.200. The number of carbonyl (C=O) groups is 1. The molecule has 0 aliphatic carbocycles. The molecule has 0 saturated heterocycles. The number of carbonyl (C=O) groups excluding carboxylic acids is 1. The quantitative estimate of drug-likeness (QED) is 0.390. The number of hydrogen-bond donors (Lipinski definition) is 1. The number of aryl methyl sites for hydroxylation is 2. The summed E-state index contributed by atoms with van der Waals surface area (Å²) in [6.45, 7) is -0.502. The van der Waals surface area contributed by atoms with Gasteiger partial charge in [0.1, 0.15) is 6.54 Å². The lowest BCUT2D eigenvalue weighted by molar-refractivity contribution is -0.114. The van der Waals surface area contributed by atoms with Crippen LogP contribution in [-0.2, 0) is 28.9 Å². The van der Waals surface area contributed by atoms with E-state index < -0.39 is 22.5 Å². The zero-order chi connectivity index (χ0) is 26.0. The zero-order valence-electron chi connectivity index (χ0n) is 20.3. The van der Waals surface area contributed by atoms with Gasteiger partial charge >= 0.3 is 5.69 Å². The number of aromatic nitrogens is 2. The topological polar surface area (TPSA) is 112 Å². The van der Waals surface area contributed by atoms with Crippen molar-refractivity contribution in [3.63, 3.8) is 0 Å². The number of nitrogens with one attached hydrogen (secondary N) is 1. The molecular formula is C25H26N4O6S. The Morgan fingerprint density at radius 1 is 0.889 bits per heavy atom. The van der Waals surface area contributed by atoms with Crippen LogP contribution in [-0.4, -0.2) is 44.2 Å². The van der Waals surface area contributed by atoms with Crippen LogP contribution < -0.4 is 24.8 Å². The van der Waals surface area contributed by atoms with E-state index in [1.54, 1.807) is 62.6 Å². The summed E-state index contributed by atoms with van der Waals surface area (Å²) in [5.41, 5.74) is 1.81. The van der Waals surface area contributed by atoms with Crippen LogP contribution in [0.4, 0.5) is 11.4 Å². The lowest BCUT2D eigenvalue weighted by atomic mass is 10.2. The van der Waals surface area contributed by atoms with Gasteiger partial charge in [-0.2, -0.15) is 0 Å². The molecule has 36 heavy (non-hydrogen) atoms. The predicted molar refractivity (Wildman–Crippen MR) is 137 cm³/mol. The summed E-state index contributed by atoms with van der Waals surface area (Å²) in [7, 11) is 2.12. The third-order valence-electron chi connectivity index (χ3n) is 5.83. The van der Waals surface area contributed by atoms with E-state index in [-0.39, 0.29) is 16.3 Å². The minimum absolute atomic E-state index is 0.0355. The Morgan fingerprint density at radius 3 is 2.22 bits per heavy atom.